The largest absolute Gasteiger partial charge is 0.480 e. The van der Waals surface area contributed by atoms with E-state index in [-0.39, 0.29) is 5.92 Å². The smallest absolute Gasteiger partial charge is 0.322 e. The minimum Gasteiger partial charge on any atom is -0.480 e. The topological polar surface area (TPSA) is 86.7 Å². The van der Waals surface area contributed by atoms with Gasteiger partial charge < -0.3 is 5.11 Å². The minimum absolute atomic E-state index is 0.290. The lowest BCUT2D eigenvalue weighted by Crippen LogP contribution is -2.53. The molecule has 2 rings (SSSR count). The molecule has 1 heterocycles. The van der Waals surface area contributed by atoms with Crippen molar-refractivity contribution in [3.63, 3.8) is 0 Å². The molecule has 1 saturated heterocycles. The van der Waals surface area contributed by atoms with E-state index in [0.717, 1.165) is 12.8 Å². The number of hydrogen-bond donors (Lipinski definition) is 2. The van der Waals surface area contributed by atoms with E-state index in [1.807, 2.05) is 0 Å². The van der Waals surface area contributed by atoms with Gasteiger partial charge in [-0.1, -0.05) is 33.1 Å². The van der Waals surface area contributed by atoms with Crippen LogP contribution >= 0.6 is 0 Å². The molecule has 0 radical (unpaired) electrons. The molecule has 2 aliphatic rings. The molecule has 2 fully saturated rings. The van der Waals surface area contributed by atoms with Crippen LogP contribution in [-0.2, 0) is 15.0 Å². The number of aliphatic carboxylic acids is 1. The molecule has 128 valence electrons. The Morgan fingerprint density at radius 1 is 1.09 bits per heavy atom. The Hall–Kier alpha value is -0.660. The van der Waals surface area contributed by atoms with Crippen LogP contribution in [0.2, 0.25) is 0 Å². The number of nitrogens with one attached hydrogen (secondary N) is 1. The Bertz CT molecular complexity index is 488. The highest BCUT2D eigenvalue weighted by Gasteiger charge is 2.39. The van der Waals surface area contributed by atoms with Gasteiger partial charge in [0.1, 0.15) is 6.04 Å². The summed E-state index contributed by atoms with van der Waals surface area (Å²) in [5.41, 5.74) is 0.328. The zero-order valence-corrected chi connectivity index (χ0v) is 14.4. The lowest BCUT2D eigenvalue weighted by atomic mass is 9.68. The standard InChI is InChI=1S/C15H28N2O4S/c1-12(2)13(14(18)19)16-22(20,21)17-10-8-15(9-11-17)6-4-3-5-7-15/h12-13,16H,3-11H2,1-2H3,(H,18,19). The average Bonchev–Trinajstić information content (AvgIpc) is 2.45. The SMILES string of the molecule is CC(C)C(NS(=O)(=O)N1CCC2(CCCCC2)CC1)C(=O)O. The van der Waals surface area contributed by atoms with E-state index in [9.17, 15) is 13.2 Å². The molecule has 1 unspecified atom stereocenters. The fourth-order valence-electron chi connectivity index (χ4n) is 3.71. The summed E-state index contributed by atoms with van der Waals surface area (Å²) in [6.07, 6.45) is 8.00. The second-order valence-corrected chi connectivity index (χ2v) is 8.84. The molecule has 1 aliphatic carbocycles. The molecular formula is C15H28N2O4S. The van der Waals surface area contributed by atoms with Crippen LogP contribution < -0.4 is 4.72 Å². The van der Waals surface area contributed by atoms with Crippen molar-refractivity contribution in [2.45, 2.75) is 64.8 Å². The van der Waals surface area contributed by atoms with E-state index in [1.165, 1.54) is 36.4 Å². The molecule has 1 atom stereocenters. The zero-order valence-electron chi connectivity index (χ0n) is 13.5. The van der Waals surface area contributed by atoms with Gasteiger partial charge in [0.05, 0.1) is 0 Å². The number of carbonyl (C=O) groups is 1. The Labute approximate surface area is 133 Å². The van der Waals surface area contributed by atoms with Crippen molar-refractivity contribution < 1.29 is 18.3 Å². The van der Waals surface area contributed by atoms with E-state index in [2.05, 4.69) is 4.72 Å². The fraction of sp³-hybridized carbons (Fsp3) is 0.933. The molecule has 0 aromatic carbocycles. The summed E-state index contributed by atoms with van der Waals surface area (Å²) in [6.45, 7) is 4.41. The molecule has 1 aliphatic heterocycles. The van der Waals surface area contributed by atoms with Crippen molar-refractivity contribution in [1.29, 1.82) is 0 Å². The maximum atomic E-state index is 12.4. The normalized spacial score (nSPS) is 24.5. The number of carboxylic acids is 1. The van der Waals surface area contributed by atoms with E-state index < -0.39 is 22.2 Å². The minimum atomic E-state index is -3.73. The first-order valence-corrected chi connectivity index (χ1v) is 9.70. The maximum Gasteiger partial charge on any atom is 0.322 e. The second-order valence-electron chi connectivity index (χ2n) is 7.14. The monoisotopic (exact) mass is 332 g/mol. The summed E-state index contributed by atoms with van der Waals surface area (Å²) in [5, 5.41) is 9.16. The van der Waals surface area contributed by atoms with Crippen molar-refractivity contribution in [3.8, 4) is 0 Å². The summed E-state index contributed by atoms with van der Waals surface area (Å²) in [5.74, 6) is -1.42. The highest BCUT2D eigenvalue weighted by Crippen LogP contribution is 2.44. The molecule has 0 bridgehead atoms. The van der Waals surface area contributed by atoms with Gasteiger partial charge >= 0.3 is 5.97 Å². The third-order valence-electron chi connectivity index (χ3n) is 5.25. The second kappa shape index (κ2) is 6.84. The van der Waals surface area contributed by atoms with Gasteiger partial charge in [0.15, 0.2) is 0 Å². The van der Waals surface area contributed by atoms with E-state index in [0.29, 0.717) is 18.5 Å². The highest BCUT2D eigenvalue weighted by molar-refractivity contribution is 7.87. The Morgan fingerprint density at radius 2 is 1.64 bits per heavy atom. The maximum absolute atomic E-state index is 12.4. The molecule has 0 aromatic rings. The molecule has 1 saturated carbocycles. The van der Waals surface area contributed by atoms with Crippen LogP contribution in [0.25, 0.3) is 0 Å². The van der Waals surface area contributed by atoms with Gasteiger partial charge in [-0.05, 0) is 37.0 Å². The van der Waals surface area contributed by atoms with Crippen molar-refractivity contribution in [2.24, 2.45) is 11.3 Å². The molecular weight excluding hydrogens is 304 g/mol. The summed E-state index contributed by atoms with van der Waals surface area (Å²) in [7, 11) is -3.73. The molecule has 0 amide bonds. The van der Waals surface area contributed by atoms with Crippen LogP contribution in [-0.4, -0.2) is 42.9 Å². The molecule has 2 N–H and O–H groups in total. The number of nitrogens with zero attached hydrogens (tertiary/aromatic N) is 1. The predicted octanol–water partition coefficient (Wildman–Crippen LogP) is 1.98. The van der Waals surface area contributed by atoms with E-state index in [1.54, 1.807) is 13.8 Å². The van der Waals surface area contributed by atoms with Crippen molar-refractivity contribution in [2.75, 3.05) is 13.1 Å². The summed E-state index contributed by atoms with van der Waals surface area (Å²) in [6, 6.07) is -1.07. The van der Waals surface area contributed by atoms with Crippen molar-refractivity contribution in [3.05, 3.63) is 0 Å². The van der Waals surface area contributed by atoms with Crippen LogP contribution in [0.15, 0.2) is 0 Å². The van der Waals surface area contributed by atoms with Gasteiger partial charge in [0.2, 0.25) is 0 Å². The summed E-state index contributed by atoms with van der Waals surface area (Å²) >= 11 is 0. The van der Waals surface area contributed by atoms with Crippen LogP contribution in [0, 0.1) is 11.3 Å². The number of rotatable bonds is 5. The van der Waals surface area contributed by atoms with Gasteiger partial charge in [0, 0.05) is 13.1 Å². The van der Waals surface area contributed by atoms with Crippen molar-refractivity contribution >= 4 is 16.2 Å². The van der Waals surface area contributed by atoms with Gasteiger partial charge in [-0.2, -0.15) is 17.4 Å². The number of hydrogen-bond acceptors (Lipinski definition) is 3. The molecule has 6 nitrogen and oxygen atoms in total. The van der Waals surface area contributed by atoms with Crippen molar-refractivity contribution in [1.82, 2.24) is 9.03 Å². The predicted molar refractivity (Wildman–Crippen MR) is 84.6 cm³/mol. The average molecular weight is 332 g/mol. The molecule has 22 heavy (non-hydrogen) atoms. The Balaban J connectivity index is 1.98. The fourth-order valence-corrected chi connectivity index (χ4v) is 5.22. The van der Waals surface area contributed by atoms with Crippen LogP contribution in [0.1, 0.15) is 58.8 Å². The first-order valence-electron chi connectivity index (χ1n) is 8.26. The lowest BCUT2D eigenvalue weighted by Gasteiger charge is -2.43. The van der Waals surface area contributed by atoms with E-state index >= 15 is 0 Å². The Kier molecular flexibility index (Phi) is 5.50. The van der Waals surface area contributed by atoms with Gasteiger partial charge in [-0.25, -0.2) is 0 Å². The zero-order chi connectivity index (χ0) is 16.4. The summed E-state index contributed by atoms with van der Waals surface area (Å²) in [4.78, 5) is 11.2. The summed E-state index contributed by atoms with van der Waals surface area (Å²) < 4.78 is 28.6. The quantitative estimate of drug-likeness (QED) is 0.806. The van der Waals surface area contributed by atoms with Crippen LogP contribution in [0.4, 0.5) is 0 Å². The van der Waals surface area contributed by atoms with Crippen LogP contribution in [0.5, 0.6) is 0 Å². The third kappa shape index (κ3) is 4.00. The number of carboxylic acid groups (broad SMARTS) is 1. The molecule has 7 heteroatoms. The van der Waals surface area contributed by atoms with Gasteiger partial charge in [0.25, 0.3) is 10.2 Å². The van der Waals surface area contributed by atoms with E-state index in [4.69, 9.17) is 5.11 Å². The van der Waals surface area contributed by atoms with Gasteiger partial charge in [-0.15, -0.1) is 0 Å². The molecule has 1 spiro atoms. The highest BCUT2D eigenvalue weighted by atomic mass is 32.2. The van der Waals surface area contributed by atoms with Gasteiger partial charge in [-0.3, -0.25) is 4.79 Å². The third-order valence-corrected chi connectivity index (χ3v) is 6.84. The molecule has 0 aromatic heterocycles. The first-order chi connectivity index (χ1) is 10.3. The first kappa shape index (κ1) is 17.7. The lowest BCUT2D eigenvalue weighted by molar-refractivity contribution is -0.140. The Morgan fingerprint density at radius 3 is 2.09 bits per heavy atom. The number of piperidine rings is 1. The van der Waals surface area contributed by atoms with Crippen LogP contribution in [0.3, 0.4) is 0 Å².